The minimum Gasteiger partial charge on any atom is -0.390 e. The van der Waals surface area contributed by atoms with Crippen molar-refractivity contribution in [3.8, 4) is 10.6 Å². The molecule has 1 aromatic heterocycles. The van der Waals surface area contributed by atoms with E-state index in [0.717, 1.165) is 48.6 Å². The Morgan fingerprint density at radius 2 is 1.83 bits per heavy atom. The van der Waals surface area contributed by atoms with Gasteiger partial charge in [0.15, 0.2) is 5.78 Å². The van der Waals surface area contributed by atoms with Crippen LogP contribution in [0.25, 0.3) is 10.6 Å². The molecule has 2 aliphatic rings. The van der Waals surface area contributed by atoms with Gasteiger partial charge in [0.2, 0.25) is 0 Å². The van der Waals surface area contributed by atoms with Crippen LogP contribution in [0.2, 0.25) is 5.02 Å². The third-order valence-corrected chi connectivity index (χ3v) is 10.2. The summed E-state index contributed by atoms with van der Waals surface area (Å²) in [6, 6.07) is 11.2. The summed E-state index contributed by atoms with van der Waals surface area (Å²) in [5, 5.41) is 11.3. The molecule has 0 atom stereocenters. The van der Waals surface area contributed by atoms with Gasteiger partial charge in [0.05, 0.1) is 10.5 Å². The van der Waals surface area contributed by atoms with E-state index in [-0.39, 0.29) is 30.0 Å². The second-order valence-electron chi connectivity index (χ2n) is 13.2. The second kappa shape index (κ2) is 11.9. The van der Waals surface area contributed by atoms with Crippen LogP contribution in [0.1, 0.15) is 81.0 Å². The summed E-state index contributed by atoms with van der Waals surface area (Å²) < 4.78 is 27.7. The van der Waals surface area contributed by atoms with Crippen LogP contribution in [0, 0.1) is 17.0 Å². The van der Waals surface area contributed by atoms with E-state index in [2.05, 4.69) is 9.88 Å². The van der Waals surface area contributed by atoms with Crippen LogP contribution in [0.3, 0.4) is 0 Å². The van der Waals surface area contributed by atoms with Crippen molar-refractivity contribution in [2.75, 3.05) is 13.1 Å². The number of aliphatic hydroxyl groups is 1. The lowest BCUT2D eigenvalue weighted by molar-refractivity contribution is -0.128. The molecule has 0 unspecified atom stereocenters. The number of hydrogen-bond acceptors (Lipinski definition) is 6. The molecule has 0 spiro atoms. The summed E-state index contributed by atoms with van der Waals surface area (Å²) in [5.74, 6) is -1.44. The largest absolute Gasteiger partial charge is 0.390 e. The van der Waals surface area contributed by atoms with E-state index in [1.165, 1.54) is 18.3 Å². The first kappa shape index (κ1) is 30.9. The van der Waals surface area contributed by atoms with Gasteiger partial charge >= 0.3 is 0 Å². The predicted octanol–water partition coefficient (Wildman–Crippen LogP) is 7.64. The highest BCUT2D eigenvalue weighted by molar-refractivity contribution is 7.16. The van der Waals surface area contributed by atoms with Crippen LogP contribution in [-0.2, 0) is 10.2 Å². The fourth-order valence-electron chi connectivity index (χ4n) is 6.55. The number of hydrogen-bond donors (Lipinski definition) is 1. The number of benzene rings is 2. The molecule has 5 rings (SSSR count). The van der Waals surface area contributed by atoms with Gasteiger partial charge in [-0.2, -0.15) is 0 Å². The molecule has 2 aromatic carbocycles. The molecule has 2 heterocycles. The monoisotopic (exact) mass is 614 g/mol. The number of ketones is 2. The number of halogens is 3. The van der Waals surface area contributed by atoms with Gasteiger partial charge in [-0.15, -0.1) is 11.3 Å². The number of rotatable bonds is 10. The van der Waals surface area contributed by atoms with E-state index in [4.69, 9.17) is 11.6 Å². The number of carbonyl (C=O) groups is 2. The zero-order valence-corrected chi connectivity index (χ0v) is 25.8. The van der Waals surface area contributed by atoms with Gasteiger partial charge in [-0.3, -0.25) is 14.5 Å². The van der Waals surface area contributed by atoms with Crippen molar-refractivity contribution in [2.45, 2.75) is 82.8 Å². The van der Waals surface area contributed by atoms with Crippen molar-refractivity contribution in [1.29, 1.82) is 0 Å². The topological polar surface area (TPSA) is 70.5 Å². The third-order valence-electron chi connectivity index (χ3n) is 8.92. The normalized spacial score (nSPS) is 22.5. The Labute approximate surface area is 254 Å². The standard InChI is InChI=1S/C33H37ClF2N2O3S/c1-31(2,21-5-4-6-22(34)13-21)15-25(39)16-33(19-38(20-33)24-9-11-32(3,41)12-10-24)17-28(40)29-18-37-30(42-29)26-8-7-23(35)14-27(26)36/h4-8,13-14,18,24,41H,9-12,15-17,19-20H2,1-3H3. The SMILES string of the molecule is CC1(O)CCC(N2CC(CC(=O)CC(C)(C)c3cccc(Cl)c3)(CC(=O)c3cnc(-c4ccc(F)cc4F)s3)C2)CC1. The van der Waals surface area contributed by atoms with E-state index in [1.54, 1.807) is 0 Å². The molecule has 1 N–H and O–H groups in total. The van der Waals surface area contributed by atoms with Gasteiger partial charge in [0.1, 0.15) is 22.4 Å². The fraction of sp³-hybridized carbons (Fsp3) is 0.485. The minimum absolute atomic E-state index is 0.0948. The zero-order valence-electron chi connectivity index (χ0n) is 24.3. The summed E-state index contributed by atoms with van der Waals surface area (Å²) in [6.45, 7) is 7.20. The van der Waals surface area contributed by atoms with E-state index in [0.29, 0.717) is 40.5 Å². The van der Waals surface area contributed by atoms with E-state index >= 15 is 0 Å². The summed E-state index contributed by atoms with van der Waals surface area (Å²) in [4.78, 5) is 34.2. The van der Waals surface area contributed by atoms with Crippen LogP contribution in [0.5, 0.6) is 0 Å². The lowest BCUT2D eigenvalue weighted by Crippen LogP contribution is -2.62. The predicted molar refractivity (Wildman–Crippen MR) is 162 cm³/mol. The third kappa shape index (κ3) is 6.99. The van der Waals surface area contributed by atoms with Crippen molar-refractivity contribution in [3.05, 3.63) is 75.8 Å². The molecule has 9 heteroatoms. The van der Waals surface area contributed by atoms with Crippen LogP contribution in [0.4, 0.5) is 8.78 Å². The number of Topliss-reactive ketones (excluding diaryl/α,β-unsaturated/α-hetero) is 2. The van der Waals surface area contributed by atoms with E-state index in [1.807, 2.05) is 45.0 Å². The van der Waals surface area contributed by atoms with Gasteiger partial charge in [0.25, 0.3) is 0 Å². The Kier molecular flexibility index (Phi) is 8.74. The first-order valence-electron chi connectivity index (χ1n) is 14.4. The molecule has 224 valence electrons. The molecule has 1 aliphatic carbocycles. The Morgan fingerprint density at radius 1 is 1.12 bits per heavy atom. The molecule has 1 aliphatic heterocycles. The summed E-state index contributed by atoms with van der Waals surface area (Å²) >= 11 is 7.30. The zero-order chi connectivity index (χ0) is 30.3. The van der Waals surface area contributed by atoms with Crippen molar-refractivity contribution >= 4 is 34.5 Å². The molecule has 0 bridgehead atoms. The molecule has 2 fully saturated rings. The molecule has 3 aromatic rings. The Hall–Kier alpha value is -2.52. The highest BCUT2D eigenvalue weighted by Crippen LogP contribution is 2.45. The number of nitrogens with zero attached hydrogens (tertiary/aromatic N) is 2. The van der Waals surface area contributed by atoms with E-state index in [9.17, 15) is 23.5 Å². The van der Waals surface area contributed by atoms with Gasteiger partial charge in [0, 0.05) is 66.7 Å². The van der Waals surface area contributed by atoms with Crippen molar-refractivity contribution in [3.63, 3.8) is 0 Å². The first-order valence-corrected chi connectivity index (χ1v) is 15.6. The molecular weight excluding hydrogens is 578 g/mol. The Balaban J connectivity index is 1.31. The molecule has 5 nitrogen and oxygen atoms in total. The highest BCUT2D eigenvalue weighted by atomic mass is 35.5. The fourth-order valence-corrected chi connectivity index (χ4v) is 7.62. The van der Waals surface area contributed by atoms with Gasteiger partial charge in [-0.1, -0.05) is 37.6 Å². The Bertz CT molecular complexity index is 1470. The maximum absolute atomic E-state index is 14.3. The van der Waals surface area contributed by atoms with Crippen LogP contribution < -0.4 is 0 Å². The van der Waals surface area contributed by atoms with Crippen LogP contribution >= 0.6 is 22.9 Å². The van der Waals surface area contributed by atoms with Crippen molar-refractivity contribution < 1.29 is 23.5 Å². The first-order chi connectivity index (χ1) is 19.7. The lowest BCUT2D eigenvalue weighted by atomic mass is 9.68. The number of aromatic nitrogens is 1. The summed E-state index contributed by atoms with van der Waals surface area (Å²) in [5.41, 5.74) is -0.425. The molecule has 0 amide bonds. The van der Waals surface area contributed by atoms with Crippen molar-refractivity contribution in [1.82, 2.24) is 9.88 Å². The highest BCUT2D eigenvalue weighted by Gasteiger charge is 2.49. The van der Waals surface area contributed by atoms with Gasteiger partial charge < -0.3 is 5.11 Å². The van der Waals surface area contributed by atoms with Crippen molar-refractivity contribution in [2.24, 2.45) is 5.41 Å². The maximum Gasteiger partial charge on any atom is 0.175 e. The quantitative estimate of drug-likeness (QED) is 0.238. The molecular formula is C33H37ClF2N2O3S. The average molecular weight is 615 g/mol. The Morgan fingerprint density at radius 3 is 2.50 bits per heavy atom. The van der Waals surface area contributed by atoms with Gasteiger partial charge in [-0.05, 0) is 67.9 Å². The second-order valence-corrected chi connectivity index (χ2v) is 14.6. The molecule has 1 saturated carbocycles. The number of likely N-dealkylation sites (tertiary alicyclic amines) is 1. The van der Waals surface area contributed by atoms with Crippen LogP contribution in [0.15, 0.2) is 48.7 Å². The minimum atomic E-state index is -0.728. The van der Waals surface area contributed by atoms with Crippen LogP contribution in [-0.4, -0.2) is 51.3 Å². The number of carbonyl (C=O) groups excluding carboxylic acids is 2. The smallest absolute Gasteiger partial charge is 0.175 e. The molecule has 1 saturated heterocycles. The maximum atomic E-state index is 14.3. The number of thiazole rings is 1. The lowest BCUT2D eigenvalue weighted by Gasteiger charge is -2.55. The summed E-state index contributed by atoms with van der Waals surface area (Å²) in [7, 11) is 0. The summed E-state index contributed by atoms with van der Waals surface area (Å²) in [6.07, 6.45) is 5.47. The van der Waals surface area contributed by atoms with E-state index < -0.39 is 28.1 Å². The van der Waals surface area contributed by atoms with Gasteiger partial charge in [-0.25, -0.2) is 13.8 Å². The molecule has 0 radical (unpaired) electrons. The molecule has 42 heavy (non-hydrogen) atoms. The average Bonchev–Trinajstić information content (AvgIpc) is 3.37.